The number of hydrogen-bond donors (Lipinski definition) is 0. The molecule has 4 rings (SSSR count). The molecule has 0 atom stereocenters. The molecule has 0 saturated carbocycles. The van der Waals surface area contributed by atoms with Gasteiger partial charge in [0.05, 0.1) is 18.0 Å². The van der Waals surface area contributed by atoms with Crippen molar-refractivity contribution in [1.29, 1.82) is 0 Å². The second-order valence-corrected chi connectivity index (χ2v) is 8.96. The van der Waals surface area contributed by atoms with Crippen molar-refractivity contribution in [1.82, 2.24) is 4.90 Å². The standard InChI is InChI=1S/C23H26BrN3O/c1-15-8-10-26(11-9-15)14-27-20-7-5-4-6-19(20)22(23(27)28)25-21-16(2)12-18(24)13-17(21)3/h4-7,12-13,15H,8-11,14H2,1-3H3. The Kier molecular flexibility index (Phi) is 5.39. The van der Waals surface area contributed by atoms with Gasteiger partial charge in [-0.1, -0.05) is 41.1 Å². The molecule has 0 unspecified atom stereocenters. The molecule has 2 aromatic rings. The molecule has 28 heavy (non-hydrogen) atoms. The largest absolute Gasteiger partial charge is 0.293 e. The Balaban J connectivity index is 1.69. The Labute approximate surface area is 175 Å². The summed E-state index contributed by atoms with van der Waals surface area (Å²) in [7, 11) is 0. The van der Waals surface area contributed by atoms with Gasteiger partial charge in [0.25, 0.3) is 5.91 Å². The Morgan fingerprint density at radius 3 is 2.43 bits per heavy atom. The molecule has 0 aliphatic carbocycles. The van der Waals surface area contributed by atoms with E-state index in [0.717, 1.165) is 51.5 Å². The number of carbonyl (C=O) groups excluding carboxylic acids is 1. The van der Waals surface area contributed by atoms with E-state index in [9.17, 15) is 4.79 Å². The monoisotopic (exact) mass is 439 g/mol. The fraction of sp³-hybridized carbons (Fsp3) is 0.391. The van der Waals surface area contributed by atoms with Gasteiger partial charge in [-0.15, -0.1) is 0 Å². The van der Waals surface area contributed by atoms with Gasteiger partial charge >= 0.3 is 0 Å². The maximum Gasteiger partial charge on any atom is 0.278 e. The number of aliphatic imine (C=N–C) groups is 1. The maximum atomic E-state index is 13.4. The summed E-state index contributed by atoms with van der Waals surface area (Å²) in [5, 5.41) is 0. The van der Waals surface area contributed by atoms with E-state index >= 15 is 0 Å². The number of anilines is 1. The van der Waals surface area contributed by atoms with Crippen molar-refractivity contribution in [3.63, 3.8) is 0 Å². The van der Waals surface area contributed by atoms with E-state index < -0.39 is 0 Å². The SMILES string of the molecule is Cc1cc(Br)cc(C)c1N=C1C(=O)N(CN2CCC(C)CC2)c2ccccc21. The zero-order chi connectivity index (χ0) is 19.8. The second kappa shape index (κ2) is 7.80. The first-order valence-corrected chi connectivity index (χ1v) is 10.7. The molecule has 4 nitrogen and oxygen atoms in total. The summed E-state index contributed by atoms with van der Waals surface area (Å²) in [5.41, 5.74) is 5.46. The van der Waals surface area contributed by atoms with Gasteiger partial charge < -0.3 is 0 Å². The molecule has 0 N–H and O–H groups in total. The number of carbonyl (C=O) groups is 1. The Hall–Kier alpha value is -1.98. The molecule has 2 aliphatic rings. The maximum absolute atomic E-state index is 13.4. The lowest BCUT2D eigenvalue weighted by Crippen LogP contribution is -2.44. The number of rotatable bonds is 3. The first kappa shape index (κ1) is 19.3. The molecule has 5 heteroatoms. The summed E-state index contributed by atoms with van der Waals surface area (Å²) in [6.07, 6.45) is 2.39. The van der Waals surface area contributed by atoms with Crippen molar-refractivity contribution < 1.29 is 4.79 Å². The predicted molar refractivity (Wildman–Crippen MR) is 119 cm³/mol. The van der Waals surface area contributed by atoms with E-state index in [2.05, 4.69) is 27.8 Å². The molecule has 0 spiro atoms. The molecule has 0 radical (unpaired) electrons. The van der Waals surface area contributed by atoms with Crippen LogP contribution in [0.3, 0.4) is 0 Å². The van der Waals surface area contributed by atoms with Crippen LogP contribution < -0.4 is 4.90 Å². The van der Waals surface area contributed by atoms with Gasteiger partial charge in [0, 0.05) is 23.1 Å². The molecule has 1 saturated heterocycles. The molecule has 2 aromatic carbocycles. The minimum Gasteiger partial charge on any atom is -0.293 e. The third kappa shape index (κ3) is 3.65. The van der Waals surface area contributed by atoms with Crippen molar-refractivity contribution in [2.45, 2.75) is 33.6 Å². The minimum atomic E-state index is 0.00143. The van der Waals surface area contributed by atoms with E-state index in [1.165, 1.54) is 12.8 Å². The normalized spacial score (nSPS) is 19.5. The minimum absolute atomic E-state index is 0.00143. The van der Waals surface area contributed by atoms with Crippen molar-refractivity contribution in [3.05, 3.63) is 57.6 Å². The summed E-state index contributed by atoms with van der Waals surface area (Å²) < 4.78 is 1.03. The molecule has 1 fully saturated rings. The molecule has 0 aromatic heterocycles. The quantitative estimate of drug-likeness (QED) is 0.656. The number of amides is 1. The predicted octanol–water partition coefficient (Wildman–Crippen LogP) is 5.22. The van der Waals surface area contributed by atoms with Crippen LogP contribution in [-0.4, -0.2) is 36.3 Å². The van der Waals surface area contributed by atoms with Crippen LogP contribution >= 0.6 is 15.9 Å². The third-order valence-electron chi connectivity index (χ3n) is 5.79. The van der Waals surface area contributed by atoms with Gasteiger partial charge in [0.15, 0.2) is 0 Å². The molecule has 2 aliphatic heterocycles. The zero-order valence-corrected chi connectivity index (χ0v) is 18.3. The van der Waals surface area contributed by atoms with Crippen LogP contribution in [-0.2, 0) is 4.79 Å². The third-order valence-corrected chi connectivity index (χ3v) is 6.25. The molecule has 2 heterocycles. The lowest BCUT2D eigenvalue weighted by atomic mass is 10.00. The van der Waals surface area contributed by atoms with Gasteiger partial charge in [-0.25, -0.2) is 4.99 Å². The fourth-order valence-electron chi connectivity index (χ4n) is 4.10. The summed E-state index contributed by atoms with van der Waals surface area (Å²) in [4.78, 5) is 22.5. The number of para-hydroxylation sites is 1. The van der Waals surface area contributed by atoms with E-state index in [1.54, 1.807) is 0 Å². The van der Waals surface area contributed by atoms with Crippen LogP contribution in [0.2, 0.25) is 0 Å². The highest BCUT2D eigenvalue weighted by molar-refractivity contribution is 9.10. The van der Waals surface area contributed by atoms with Crippen molar-refractivity contribution in [2.24, 2.45) is 10.9 Å². The zero-order valence-electron chi connectivity index (χ0n) is 16.7. The topological polar surface area (TPSA) is 35.9 Å². The second-order valence-electron chi connectivity index (χ2n) is 8.04. The number of benzene rings is 2. The van der Waals surface area contributed by atoms with E-state index in [-0.39, 0.29) is 5.91 Å². The highest BCUT2D eigenvalue weighted by atomic mass is 79.9. The molecular formula is C23H26BrN3O. The average Bonchev–Trinajstić information content (AvgIpc) is 2.92. The van der Waals surface area contributed by atoms with Crippen molar-refractivity contribution in [3.8, 4) is 0 Å². The Bertz CT molecular complexity index is 922. The summed E-state index contributed by atoms with van der Waals surface area (Å²) in [5.74, 6) is 0.778. The molecule has 1 amide bonds. The van der Waals surface area contributed by atoms with Crippen LogP contribution in [0.4, 0.5) is 11.4 Å². The first-order chi connectivity index (χ1) is 13.4. The van der Waals surface area contributed by atoms with E-state index in [0.29, 0.717) is 12.4 Å². The first-order valence-electron chi connectivity index (χ1n) is 9.93. The number of aryl methyl sites for hydroxylation is 2. The van der Waals surface area contributed by atoms with Crippen molar-refractivity contribution >= 4 is 38.9 Å². The van der Waals surface area contributed by atoms with Crippen LogP contribution in [0.25, 0.3) is 0 Å². The van der Waals surface area contributed by atoms with Gasteiger partial charge in [-0.05, 0) is 61.9 Å². The fourth-order valence-corrected chi connectivity index (χ4v) is 4.79. The lowest BCUT2D eigenvalue weighted by Gasteiger charge is -2.33. The summed E-state index contributed by atoms with van der Waals surface area (Å²) in [6.45, 7) is 9.11. The molecular weight excluding hydrogens is 414 g/mol. The van der Waals surface area contributed by atoms with Crippen LogP contribution in [0.5, 0.6) is 0 Å². The lowest BCUT2D eigenvalue weighted by molar-refractivity contribution is -0.112. The van der Waals surface area contributed by atoms with Gasteiger partial charge in [0.1, 0.15) is 5.71 Å². The van der Waals surface area contributed by atoms with E-state index in [1.807, 2.05) is 55.1 Å². The number of nitrogens with zero attached hydrogens (tertiary/aromatic N) is 3. The molecule has 146 valence electrons. The number of likely N-dealkylation sites (tertiary alicyclic amines) is 1. The summed E-state index contributed by atoms with van der Waals surface area (Å²) >= 11 is 3.54. The smallest absolute Gasteiger partial charge is 0.278 e. The number of piperidine rings is 1. The van der Waals surface area contributed by atoms with Gasteiger partial charge in [-0.2, -0.15) is 0 Å². The van der Waals surface area contributed by atoms with Crippen LogP contribution in [0.15, 0.2) is 45.9 Å². The molecule has 0 bridgehead atoms. The van der Waals surface area contributed by atoms with Crippen LogP contribution in [0, 0.1) is 19.8 Å². The Morgan fingerprint density at radius 2 is 1.75 bits per heavy atom. The van der Waals surface area contributed by atoms with Gasteiger partial charge in [-0.3, -0.25) is 14.6 Å². The number of hydrogen-bond acceptors (Lipinski definition) is 3. The van der Waals surface area contributed by atoms with Crippen molar-refractivity contribution in [2.75, 3.05) is 24.7 Å². The number of fused-ring (bicyclic) bond motifs is 1. The summed E-state index contributed by atoms with van der Waals surface area (Å²) in [6, 6.07) is 12.1. The highest BCUT2D eigenvalue weighted by Crippen LogP contribution is 2.34. The van der Waals surface area contributed by atoms with Crippen LogP contribution in [0.1, 0.15) is 36.5 Å². The van der Waals surface area contributed by atoms with Gasteiger partial charge in [0.2, 0.25) is 0 Å². The Morgan fingerprint density at radius 1 is 1.11 bits per heavy atom. The van der Waals surface area contributed by atoms with E-state index in [4.69, 9.17) is 4.99 Å². The number of halogens is 1. The average molecular weight is 440 g/mol. The highest BCUT2D eigenvalue weighted by Gasteiger charge is 2.35.